The van der Waals surface area contributed by atoms with Gasteiger partial charge in [0, 0.05) is 28.4 Å². The van der Waals surface area contributed by atoms with E-state index in [4.69, 9.17) is 0 Å². The molecule has 2 nitrogen and oxygen atoms in total. The first kappa shape index (κ1) is 39.0. The second-order valence-corrected chi connectivity index (χ2v) is 16.6. The molecule has 0 spiro atoms. The molecule has 0 heterocycles. The van der Waals surface area contributed by atoms with Crippen LogP contribution in [0, 0.1) is 0 Å². The minimum Gasteiger partial charge on any atom is -0.334 e. The van der Waals surface area contributed by atoms with E-state index in [2.05, 4.69) is 234 Å². The topological polar surface area (TPSA) is 6.48 Å². The fourth-order valence-corrected chi connectivity index (χ4v) is 9.40. The number of hydrogen-bond acceptors (Lipinski definition) is 2. The third kappa shape index (κ3) is 8.55. The normalized spacial score (nSPS) is 17.2. The molecule has 0 aromatic heterocycles. The highest BCUT2D eigenvalue weighted by Gasteiger charge is 2.24. The SMILES string of the molecule is C1=CCCC(c2ccc(N(C3=CC=C(C4=CCC(N(c5ccccc5)c5ccc(C6=CC=C(c7ccccc7)CC6)cc5)C=C4)CC3)c3ccc(-c4ccccc4)cc3)cc2)=C1. The molecule has 0 bridgehead atoms. The smallest absolute Gasteiger partial charge is 0.0560 e. The standard InChI is InChI=1S/C60H52N2/c1-5-13-45(14-6-1)48-21-23-49(24-22-48)52-29-39-56(40-30-52)61(55-19-11-4-12-20-55)57-41-31-53(32-42-57)54-33-43-60(44-34-54)62(58-35-25-50(26-36-58)46-15-7-2-8-16-46)59-37-27-51(28-38-59)47-17-9-3-10-18-47/h1-9,11-17,19-21,23,25-33,35-41,43,57H,10,18,22,24,34,42,44H2. The fraction of sp³-hybridized carbons (Fsp3) is 0.133. The molecule has 0 radical (unpaired) electrons. The summed E-state index contributed by atoms with van der Waals surface area (Å²) in [5.74, 6) is 0. The van der Waals surface area contributed by atoms with E-state index < -0.39 is 0 Å². The minimum atomic E-state index is 0.213. The van der Waals surface area contributed by atoms with Crippen LogP contribution in [0.2, 0.25) is 0 Å². The van der Waals surface area contributed by atoms with E-state index in [1.807, 2.05) is 0 Å². The Morgan fingerprint density at radius 1 is 0.387 bits per heavy atom. The minimum absolute atomic E-state index is 0.213. The Labute approximate surface area is 367 Å². The van der Waals surface area contributed by atoms with E-state index in [0.717, 1.165) is 44.9 Å². The van der Waals surface area contributed by atoms with E-state index in [-0.39, 0.29) is 6.04 Å². The van der Waals surface area contributed by atoms with Crippen LogP contribution in [-0.4, -0.2) is 6.04 Å². The van der Waals surface area contributed by atoms with Gasteiger partial charge in [0.25, 0.3) is 0 Å². The first-order valence-corrected chi connectivity index (χ1v) is 22.3. The van der Waals surface area contributed by atoms with Crippen molar-refractivity contribution in [3.05, 3.63) is 258 Å². The van der Waals surface area contributed by atoms with Crippen LogP contribution in [0.4, 0.5) is 22.7 Å². The number of benzene rings is 6. The van der Waals surface area contributed by atoms with E-state index in [0.29, 0.717) is 0 Å². The zero-order valence-corrected chi connectivity index (χ0v) is 35.3. The molecule has 0 aliphatic heterocycles. The van der Waals surface area contributed by atoms with E-state index >= 15 is 0 Å². The average molecular weight is 801 g/mol. The molecule has 4 aliphatic carbocycles. The molecule has 0 saturated carbocycles. The Morgan fingerprint density at radius 2 is 0.871 bits per heavy atom. The number of rotatable bonds is 11. The molecule has 1 atom stereocenters. The molecule has 2 heteroatoms. The second kappa shape index (κ2) is 18.2. The Morgan fingerprint density at radius 3 is 1.40 bits per heavy atom. The molecule has 1 unspecified atom stereocenters. The molecule has 0 N–H and O–H groups in total. The summed E-state index contributed by atoms with van der Waals surface area (Å²) in [6, 6.07) is 60.0. The van der Waals surface area contributed by atoms with Crippen LogP contribution >= 0.6 is 0 Å². The van der Waals surface area contributed by atoms with Crippen molar-refractivity contribution in [3.63, 3.8) is 0 Å². The Kier molecular flexibility index (Phi) is 11.5. The number of anilines is 4. The Bertz CT molecular complexity index is 2760. The van der Waals surface area contributed by atoms with Crippen molar-refractivity contribution >= 4 is 39.5 Å². The first-order valence-electron chi connectivity index (χ1n) is 22.3. The highest BCUT2D eigenvalue weighted by Crippen LogP contribution is 2.40. The van der Waals surface area contributed by atoms with Gasteiger partial charge in [0.2, 0.25) is 0 Å². The lowest BCUT2D eigenvalue weighted by atomic mass is 9.89. The van der Waals surface area contributed by atoms with Crippen molar-refractivity contribution in [2.75, 3.05) is 9.80 Å². The van der Waals surface area contributed by atoms with Crippen molar-refractivity contribution in [1.82, 2.24) is 0 Å². The highest BCUT2D eigenvalue weighted by molar-refractivity contribution is 5.80. The van der Waals surface area contributed by atoms with E-state index in [1.165, 1.54) is 84.1 Å². The lowest BCUT2D eigenvalue weighted by molar-refractivity contribution is 0.776. The van der Waals surface area contributed by atoms with Crippen molar-refractivity contribution < 1.29 is 0 Å². The number of para-hydroxylation sites is 1. The fourth-order valence-electron chi connectivity index (χ4n) is 9.40. The van der Waals surface area contributed by atoms with Crippen molar-refractivity contribution in [2.45, 2.75) is 51.0 Å². The van der Waals surface area contributed by atoms with Crippen LogP contribution in [0.3, 0.4) is 0 Å². The van der Waals surface area contributed by atoms with Gasteiger partial charge in [-0.15, -0.1) is 0 Å². The van der Waals surface area contributed by atoms with Gasteiger partial charge in [0.1, 0.15) is 0 Å². The summed E-state index contributed by atoms with van der Waals surface area (Å²) in [7, 11) is 0. The zero-order valence-electron chi connectivity index (χ0n) is 35.3. The Hall–Kier alpha value is -7.16. The van der Waals surface area contributed by atoms with Gasteiger partial charge >= 0.3 is 0 Å². The van der Waals surface area contributed by atoms with Crippen LogP contribution < -0.4 is 9.80 Å². The first-order chi connectivity index (χ1) is 30.7. The third-order valence-corrected chi connectivity index (χ3v) is 12.8. The molecule has 62 heavy (non-hydrogen) atoms. The van der Waals surface area contributed by atoms with E-state index in [9.17, 15) is 0 Å². The van der Waals surface area contributed by atoms with Crippen molar-refractivity contribution in [2.24, 2.45) is 0 Å². The second-order valence-electron chi connectivity index (χ2n) is 16.6. The number of allylic oxidation sites excluding steroid dienone is 14. The van der Waals surface area contributed by atoms with Gasteiger partial charge < -0.3 is 9.80 Å². The van der Waals surface area contributed by atoms with Crippen LogP contribution in [0.5, 0.6) is 0 Å². The highest BCUT2D eigenvalue weighted by atomic mass is 15.2. The summed E-state index contributed by atoms with van der Waals surface area (Å²) in [6.45, 7) is 0. The summed E-state index contributed by atoms with van der Waals surface area (Å²) < 4.78 is 0. The van der Waals surface area contributed by atoms with Crippen molar-refractivity contribution in [3.8, 4) is 11.1 Å². The zero-order chi connectivity index (χ0) is 41.5. The van der Waals surface area contributed by atoms with Gasteiger partial charge in [-0.1, -0.05) is 170 Å². The van der Waals surface area contributed by atoms with Gasteiger partial charge in [-0.3, -0.25) is 0 Å². The molecule has 0 fully saturated rings. The van der Waals surface area contributed by atoms with Gasteiger partial charge in [-0.2, -0.15) is 0 Å². The molecule has 6 aromatic carbocycles. The quantitative estimate of drug-likeness (QED) is 0.129. The molecule has 302 valence electrons. The van der Waals surface area contributed by atoms with Crippen LogP contribution in [0.25, 0.3) is 27.8 Å². The predicted molar refractivity (Wildman–Crippen MR) is 264 cm³/mol. The summed E-state index contributed by atoms with van der Waals surface area (Å²) in [5, 5.41) is 0. The van der Waals surface area contributed by atoms with Crippen LogP contribution in [0.15, 0.2) is 241 Å². The largest absolute Gasteiger partial charge is 0.334 e. The van der Waals surface area contributed by atoms with Crippen LogP contribution in [0.1, 0.15) is 61.6 Å². The summed E-state index contributed by atoms with van der Waals surface area (Å²) in [6.07, 6.45) is 30.5. The summed E-state index contributed by atoms with van der Waals surface area (Å²) in [5.41, 5.74) is 19.5. The third-order valence-electron chi connectivity index (χ3n) is 12.8. The number of hydrogen-bond donors (Lipinski definition) is 0. The van der Waals surface area contributed by atoms with Gasteiger partial charge in [-0.05, 0) is 155 Å². The average Bonchev–Trinajstić information content (AvgIpc) is 3.36. The lowest BCUT2D eigenvalue weighted by Crippen LogP contribution is -2.30. The van der Waals surface area contributed by atoms with Gasteiger partial charge in [-0.25, -0.2) is 0 Å². The summed E-state index contributed by atoms with van der Waals surface area (Å²) in [4.78, 5) is 4.95. The molecular formula is C60H52N2. The number of nitrogens with zero attached hydrogens (tertiary/aromatic N) is 2. The molecule has 0 amide bonds. The van der Waals surface area contributed by atoms with E-state index in [1.54, 1.807) is 0 Å². The predicted octanol–water partition coefficient (Wildman–Crippen LogP) is 16.2. The molecule has 4 aliphatic rings. The lowest BCUT2D eigenvalue weighted by Gasteiger charge is -2.34. The van der Waals surface area contributed by atoms with Gasteiger partial charge in [0.15, 0.2) is 0 Å². The molecule has 0 saturated heterocycles. The molecule has 10 rings (SSSR count). The Balaban J connectivity index is 0.884. The molecular weight excluding hydrogens is 749 g/mol. The van der Waals surface area contributed by atoms with Crippen molar-refractivity contribution in [1.29, 1.82) is 0 Å². The maximum absolute atomic E-state index is 2.50. The maximum atomic E-state index is 2.50. The summed E-state index contributed by atoms with van der Waals surface area (Å²) >= 11 is 0. The van der Waals surface area contributed by atoms with Gasteiger partial charge in [0.05, 0.1) is 6.04 Å². The van der Waals surface area contributed by atoms with Crippen LogP contribution in [-0.2, 0) is 0 Å². The molecule has 6 aromatic rings. The maximum Gasteiger partial charge on any atom is 0.0560 e. The monoisotopic (exact) mass is 800 g/mol.